The Morgan fingerprint density at radius 1 is 1.04 bits per heavy atom. The molecule has 0 saturated carbocycles. The summed E-state index contributed by atoms with van der Waals surface area (Å²) in [6, 6.07) is 10.5. The van der Waals surface area contributed by atoms with Crippen molar-refractivity contribution in [2.45, 2.75) is 6.18 Å². The van der Waals surface area contributed by atoms with Gasteiger partial charge < -0.3 is 14.8 Å². The zero-order valence-corrected chi connectivity index (χ0v) is 13.8. The monoisotopic (exact) mass is 374 g/mol. The van der Waals surface area contributed by atoms with Crippen molar-refractivity contribution in [1.29, 1.82) is 0 Å². The zero-order chi connectivity index (χ0) is 19.0. The van der Waals surface area contributed by atoms with Gasteiger partial charge >= 0.3 is 6.18 Å². The van der Waals surface area contributed by atoms with E-state index in [1.54, 1.807) is 12.1 Å². The van der Waals surface area contributed by atoms with Crippen molar-refractivity contribution in [2.75, 3.05) is 18.5 Å². The average Bonchev–Trinajstić information content (AvgIpc) is 2.66. The van der Waals surface area contributed by atoms with Gasteiger partial charge in [-0.15, -0.1) is 0 Å². The van der Waals surface area contributed by atoms with Gasteiger partial charge in [-0.2, -0.15) is 13.2 Å². The molecule has 138 valence electrons. The predicted molar refractivity (Wildman–Crippen MR) is 92.1 cm³/mol. The minimum atomic E-state index is -4.71. The number of para-hydroxylation sites is 1. The molecule has 5 nitrogen and oxygen atoms in total. The number of pyridine rings is 1. The van der Waals surface area contributed by atoms with Gasteiger partial charge in [0.2, 0.25) is 0 Å². The summed E-state index contributed by atoms with van der Waals surface area (Å²) in [5.74, 6) is 0.0339. The molecule has 1 amide bonds. The van der Waals surface area contributed by atoms with Gasteiger partial charge in [-0.3, -0.25) is 9.78 Å². The van der Waals surface area contributed by atoms with Gasteiger partial charge in [0.25, 0.3) is 5.91 Å². The van der Waals surface area contributed by atoms with Gasteiger partial charge in [0, 0.05) is 23.3 Å². The lowest BCUT2D eigenvalue weighted by Crippen LogP contribution is -2.20. The Kier molecular flexibility index (Phi) is 4.10. The number of rotatable bonds is 2. The number of carbonyl (C=O) groups excluding carboxylic acids is 1. The molecule has 4 rings (SSSR count). The molecule has 8 heteroatoms. The second-order valence-electron chi connectivity index (χ2n) is 5.87. The standard InChI is InChI=1S/C19H13F3N2O3/c20-19(21,22)17-12-3-1-2-4-14(12)23-10-13(17)18(25)24-11-5-6-15-16(9-11)27-8-7-26-15/h1-6,9-10H,7-8H2,(H,24,25). The minimum Gasteiger partial charge on any atom is -0.486 e. The number of halogens is 3. The molecule has 0 atom stereocenters. The maximum atomic E-state index is 13.7. The lowest BCUT2D eigenvalue weighted by Gasteiger charge is -2.19. The van der Waals surface area contributed by atoms with Crippen molar-refractivity contribution < 1.29 is 27.4 Å². The van der Waals surface area contributed by atoms with Gasteiger partial charge in [0.15, 0.2) is 11.5 Å². The Balaban J connectivity index is 1.73. The van der Waals surface area contributed by atoms with Crippen molar-refractivity contribution in [2.24, 2.45) is 0 Å². The Bertz CT molecular complexity index is 1030. The van der Waals surface area contributed by atoms with E-state index in [2.05, 4.69) is 10.3 Å². The number of anilines is 1. The summed E-state index contributed by atoms with van der Waals surface area (Å²) in [5.41, 5.74) is -1.09. The number of ether oxygens (including phenoxy) is 2. The van der Waals surface area contributed by atoms with Gasteiger partial charge in [-0.1, -0.05) is 18.2 Å². The average molecular weight is 374 g/mol. The van der Waals surface area contributed by atoms with Crippen molar-refractivity contribution in [3.63, 3.8) is 0 Å². The first-order valence-corrected chi connectivity index (χ1v) is 8.09. The molecule has 0 saturated heterocycles. The molecular formula is C19H13F3N2O3. The molecule has 3 aromatic rings. The molecule has 0 radical (unpaired) electrons. The van der Waals surface area contributed by atoms with Gasteiger partial charge in [0.05, 0.1) is 16.6 Å². The van der Waals surface area contributed by atoms with Crippen LogP contribution < -0.4 is 14.8 Å². The van der Waals surface area contributed by atoms with E-state index in [4.69, 9.17) is 9.47 Å². The smallest absolute Gasteiger partial charge is 0.417 e. The topological polar surface area (TPSA) is 60.5 Å². The van der Waals surface area contributed by atoms with Crippen molar-refractivity contribution in [3.05, 3.63) is 59.8 Å². The largest absolute Gasteiger partial charge is 0.486 e. The van der Waals surface area contributed by atoms with Crippen LogP contribution in [-0.4, -0.2) is 24.1 Å². The first kappa shape index (κ1) is 17.1. The fourth-order valence-electron chi connectivity index (χ4n) is 2.94. The molecule has 1 N–H and O–H groups in total. The molecule has 1 aliphatic heterocycles. The molecule has 0 aliphatic carbocycles. The first-order chi connectivity index (χ1) is 12.9. The second-order valence-corrected chi connectivity index (χ2v) is 5.87. The van der Waals surface area contributed by atoms with Crippen LogP contribution in [0.25, 0.3) is 10.9 Å². The number of hydrogen-bond donors (Lipinski definition) is 1. The highest BCUT2D eigenvalue weighted by Gasteiger charge is 2.37. The van der Waals surface area contributed by atoms with E-state index in [0.717, 1.165) is 6.20 Å². The van der Waals surface area contributed by atoms with E-state index in [1.807, 2.05) is 0 Å². The van der Waals surface area contributed by atoms with E-state index in [1.165, 1.54) is 30.3 Å². The molecule has 27 heavy (non-hydrogen) atoms. The Labute approximate surface area is 151 Å². The number of amides is 1. The number of alkyl halides is 3. The van der Waals surface area contributed by atoms with Crippen LogP contribution in [0.2, 0.25) is 0 Å². The number of aromatic nitrogens is 1. The van der Waals surface area contributed by atoms with Gasteiger partial charge in [-0.05, 0) is 18.2 Å². The molecule has 2 heterocycles. The quantitative estimate of drug-likeness (QED) is 0.728. The summed E-state index contributed by atoms with van der Waals surface area (Å²) in [6.07, 6.45) is -3.76. The van der Waals surface area contributed by atoms with E-state index in [-0.39, 0.29) is 10.9 Å². The van der Waals surface area contributed by atoms with E-state index < -0.39 is 23.2 Å². The Morgan fingerprint density at radius 2 is 1.78 bits per heavy atom. The number of nitrogens with zero attached hydrogens (tertiary/aromatic N) is 1. The summed E-state index contributed by atoms with van der Waals surface area (Å²) in [4.78, 5) is 16.6. The molecule has 0 spiro atoms. The van der Waals surface area contributed by atoms with Crippen LogP contribution in [0.3, 0.4) is 0 Å². The van der Waals surface area contributed by atoms with Crippen LogP contribution in [0.4, 0.5) is 18.9 Å². The highest BCUT2D eigenvalue weighted by atomic mass is 19.4. The van der Waals surface area contributed by atoms with E-state index in [0.29, 0.717) is 30.4 Å². The predicted octanol–water partition coefficient (Wildman–Crippen LogP) is 4.28. The highest BCUT2D eigenvalue weighted by molar-refractivity contribution is 6.08. The lowest BCUT2D eigenvalue weighted by atomic mass is 10.0. The molecule has 2 aromatic carbocycles. The summed E-state index contributed by atoms with van der Waals surface area (Å²) in [7, 11) is 0. The zero-order valence-electron chi connectivity index (χ0n) is 13.8. The van der Waals surface area contributed by atoms with Crippen LogP contribution >= 0.6 is 0 Å². The van der Waals surface area contributed by atoms with Crippen LogP contribution in [0.15, 0.2) is 48.7 Å². The van der Waals surface area contributed by atoms with Crippen LogP contribution in [0.1, 0.15) is 15.9 Å². The van der Waals surface area contributed by atoms with Crippen LogP contribution in [0, 0.1) is 0 Å². The molecule has 1 aromatic heterocycles. The molecule has 0 fully saturated rings. The van der Waals surface area contributed by atoms with Gasteiger partial charge in [0.1, 0.15) is 13.2 Å². The molecule has 0 bridgehead atoms. The first-order valence-electron chi connectivity index (χ1n) is 8.09. The fourth-order valence-corrected chi connectivity index (χ4v) is 2.94. The highest BCUT2D eigenvalue weighted by Crippen LogP contribution is 2.37. The number of fused-ring (bicyclic) bond motifs is 2. The molecule has 0 unspecified atom stereocenters. The van der Waals surface area contributed by atoms with E-state index >= 15 is 0 Å². The number of hydrogen-bond acceptors (Lipinski definition) is 4. The van der Waals surface area contributed by atoms with Crippen molar-refractivity contribution in [3.8, 4) is 11.5 Å². The SMILES string of the molecule is O=C(Nc1ccc2c(c1)OCCO2)c1cnc2ccccc2c1C(F)(F)F. The second kappa shape index (κ2) is 6.46. The minimum absolute atomic E-state index is 0.125. The third-order valence-electron chi connectivity index (χ3n) is 4.10. The fraction of sp³-hybridized carbons (Fsp3) is 0.158. The summed E-state index contributed by atoms with van der Waals surface area (Å²) < 4.78 is 51.8. The number of carbonyl (C=O) groups is 1. The maximum absolute atomic E-state index is 13.7. The Morgan fingerprint density at radius 3 is 2.56 bits per heavy atom. The normalized spacial score (nSPS) is 13.4. The number of benzene rings is 2. The summed E-state index contributed by atoms with van der Waals surface area (Å²) in [5, 5.41) is 2.35. The molecule has 1 aliphatic rings. The van der Waals surface area contributed by atoms with E-state index in [9.17, 15) is 18.0 Å². The molecular weight excluding hydrogens is 361 g/mol. The lowest BCUT2D eigenvalue weighted by molar-refractivity contribution is -0.136. The summed E-state index contributed by atoms with van der Waals surface area (Å²) >= 11 is 0. The van der Waals surface area contributed by atoms with Crippen LogP contribution in [0.5, 0.6) is 11.5 Å². The van der Waals surface area contributed by atoms with Crippen LogP contribution in [-0.2, 0) is 6.18 Å². The van der Waals surface area contributed by atoms with Crippen molar-refractivity contribution in [1.82, 2.24) is 4.98 Å². The third-order valence-corrected chi connectivity index (χ3v) is 4.10. The number of nitrogens with one attached hydrogen (secondary N) is 1. The van der Waals surface area contributed by atoms with Crippen molar-refractivity contribution >= 4 is 22.5 Å². The summed E-state index contributed by atoms with van der Waals surface area (Å²) in [6.45, 7) is 0.771. The third kappa shape index (κ3) is 3.25. The Hall–Kier alpha value is -3.29. The maximum Gasteiger partial charge on any atom is 0.417 e. The van der Waals surface area contributed by atoms with Gasteiger partial charge in [-0.25, -0.2) is 0 Å².